The van der Waals surface area contributed by atoms with Gasteiger partial charge >= 0.3 is 0 Å². The molecule has 0 bridgehead atoms. The number of hydrogen-bond acceptors (Lipinski definition) is 2. The lowest BCUT2D eigenvalue weighted by atomic mass is 10.1. The molecule has 82 valence electrons. The number of halogens is 1. The highest BCUT2D eigenvalue weighted by Crippen LogP contribution is 2.18. The van der Waals surface area contributed by atoms with E-state index >= 15 is 0 Å². The highest BCUT2D eigenvalue weighted by Gasteiger charge is 2.19. The number of hydrogen-bond donors (Lipinski definition) is 1. The predicted octanol–water partition coefficient (Wildman–Crippen LogP) is 2.18. The first kappa shape index (κ1) is 10.9. The molecule has 0 saturated carbocycles. The van der Waals surface area contributed by atoms with E-state index in [1.165, 1.54) is 11.1 Å². The second-order valence-corrected chi connectivity index (χ2v) is 4.79. The summed E-state index contributed by atoms with van der Waals surface area (Å²) in [6.07, 6.45) is 1.12. The third-order valence-electron chi connectivity index (χ3n) is 3.01. The molecular formula is C12H17ClN2. The molecule has 1 aromatic rings. The summed E-state index contributed by atoms with van der Waals surface area (Å²) in [5.74, 6) is 0. The Morgan fingerprint density at radius 3 is 2.93 bits per heavy atom. The van der Waals surface area contributed by atoms with Crippen molar-refractivity contribution < 1.29 is 0 Å². The smallest absolute Gasteiger partial charge is 0.0408 e. The van der Waals surface area contributed by atoms with Crippen LogP contribution in [0.4, 0.5) is 0 Å². The van der Waals surface area contributed by atoms with E-state index in [2.05, 4.69) is 17.9 Å². The largest absolute Gasteiger partial charge is 0.326 e. The van der Waals surface area contributed by atoms with E-state index in [1.54, 1.807) is 0 Å². The fraction of sp³-hybridized carbons (Fsp3) is 0.500. The summed E-state index contributed by atoms with van der Waals surface area (Å²) in [6, 6.07) is 6.45. The van der Waals surface area contributed by atoms with Crippen molar-refractivity contribution >= 4 is 11.6 Å². The van der Waals surface area contributed by atoms with Crippen LogP contribution in [0.25, 0.3) is 0 Å². The van der Waals surface area contributed by atoms with Crippen molar-refractivity contribution in [3.8, 4) is 0 Å². The standard InChI is InChI=1S/C12H17ClN2/c1-9-6-11(13)3-2-10(9)7-15-5-4-12(14)8-15/h2-3,6,12H,4-5,7-8,14H2,1H3/t12-/m1/s1. The van der Waals surface area contributed by atoms with Gasteiger partial charge in [0.1, 0.15) is 0 Å². The van der Waals surface area contributed by atoms with Crippen LogP contribution in [0.3, 0.4) is 0 Å². The molecule has 1 aliphatic heterocycles. The fourth-order valence-electron chi connectivity index (χ4n) is 2.08. The minimum absolute atomic E-state index is 0.359. The third kappa shape index (κ3) is 2.71. The Bertz CT molecular complexity index is 351. The number of likely N-dealkylation sites (tertiary alicyclic amines) is 1. The molecule has 1 fully saturated rings. The summed E-state index contributed by atoms with van der Waals surface area (Å²) in [5.41, 5.74) is 8.50. The zero-order valence-corrected chi connectivity index (χ0v) is 9.80. The summed E-state index contributed by atoms with van der Waals surface area (Å²) in [5, 5.41) is 0.814. The number of aryl methyl sites for hydroxylation is 1. The van der Waals surface area contributed by atoms with Gasteiger partial charge < -0.3 is 5.73 Å². The van der Waals surface area contributed by atoms with Crippen LogP contribution in [0, 0.1) is 6.92 Å². The van der Waals surface area contributed by atoms with Gasteiger partial charge in [0.25, 0.3) is 0 Å². The van der Waals surface area contributed by atoms with E-state index in [4.69, 9.17) is 17.3 Å². The first-order valence-electron chi connectivity index (χ1n) is 5.38. The van der Waals surface area contributed by atoms with E-state index < -0.39 is 0 Å². The first-order chi connectivity index (χ1) is 7.15. The quantitative estimate of drug-likeness (QED) is 0.835. The van der Waals surface area contributed by atoms with E-state index in [0.29, 0.717) is 6.04 Å². The summed E-state index contributed by atoms with van der Waals surface area (Å²) >= 11 is 5.92. The lowest BCUT2D eigenvalue weighted by Crippen LogP contribution is -2.26. The maximum absolute atomic E-state index is 5.92. The normalized spacial score (nSPS) is 22.2. The van der Waals surface area contributed by atoms with E-state index in [-0.39, 0.29) is 0 Å². The SMILES string of the molecule is Cc1cc(Cl)ccc1CN1CC[C@@H](N)C1. The lowest BCUT2D eigenvalue weighted by molar-refractivity contribution is 0.326. The van der Waals surface area contributed by atoms with Crippen LogP contribution >= 0.6 is 11.6 Å². The molecule has 1 aromatic carbocycles. The van der Waals surface area contributed by atoms with Crippen molar-refractivity contribution in [2.24, 2.45) is 5.73 Å². The molecule has 1 aliphatic rings. The maximum atomic E-state index is 5.92. The summed E-state index contributed by atoms with van der Waals surface area (Å²) < 4.78 is 0. The molecular weight excluding hydrogens is 208 g/mol. The minimum atomic E-state index is 0.359. The van der Waals surface area contributed by atoms with E-state index in [0.717, 1.165) is 31.1 Å². The van der Waals surface area contributed by atoms with Crippen LogP contribution in [0.2, 0.25) is 5.02 Å². The molecule has 1 atom stereocenters. The Labute approximate surface area is 96.0 Å². The number of nitrogens with zero attached hydrogens (tertiary/aromatic N) is 1. The fourth-order valence-corrected chi connectivity index (χ4v) is 2.31. The molecule has 15 heavy (non-hydrogen) atoms. The van der Waals surface area contributed by atoms with Gasteiger partial charge in [0.2, 0.25) is 0 Å². The van der Waals surface area contributed by atoms with Crippen LogP contribution in [0.1, 0.15) is 17.5 Å². The van der Waals surface area contributed by atoms with Crippen LogP contribution in [-0.4, -0.2) is 24.0 Å². The Balaban J connectivity index is 2.04. The van der Waals surface area contributed by atoms with Gasteiger partial charge in [-0.3, -0.25) is 4.90 Å². The van der Waals surface area contributed by atoms with E-state index in [9.17, 15) is 0 Å². The minimum Gasteiger partial charge on any atom is -0.326 e. The molecule has 0 unspecified atom stereocenters. The predicted molar refractivity (Wildman–Crippen MR) is 64.1 cm³/mol. The van der Waals surface area contributed by atoms with Gasteiger partial charge in [-0.25, -0.2) is 0 Å². The van der Waals surface area contributed by atoms with Crippen LogP contribution in [-0.2, 0) is 6.54 Å². The molecule has 2 rings (SSSR count). The molecule has 0 amide bonds. The Morgan fingerprint density at radius 1 is 1.53 bits per heavy atom. The summed E-state index contributed by atoms with van der Waals surface area (Å²) in [7, 11) is 0. The molecule has 2 N–H and O–H groups in total. The number of benzene rings is 1. The molecule has 1 saturated heterocycles. The average molecular weight is 225 g/mol. The van der Waals surface area contributed by atoms with E-state index in [1.807, 2.05) is 12.1 Å². The molecule has 0 spiro atoms. The van der Waals surface area contributed by atoms with Gasteiger partial charge in [0.15, 0.2) is 0 Å². The van der Waals surface area contributed by atoms with Crippen molar-refractivity contribution in [2.75, 3.05) is 13.1 Å². The number of nitrogens with two attached hydrogens (primary N) is 1. The monoisotopic (exact) mass is 224 g/mol. The molecule has 0 aromatic heterocycles. The Morgan fingerprint density at radius 2 is 2.33 bits per heavy atom. The molecule has 0 radical (unpaired) electrons. The van der Waals surface area contributed by atoms with Crippen molar-refractivity contribution in [2.45, 2.75) is 25.9 Å². The second kappa shape index (κ2) is 4.52. The zero-order chi connectivity index (χ0) is 10.8. The average Bonchev–Trinajstić information content (AvgIpc) is 2.56. The van der Waals surface area contributed by atoms with Gasteiger partial charge in [0, 0.05) is 30.7 Å². The molecule has 0 aliphatic carbocycles. The van der Waals surface area contributed by atoms with Crippen molar-refractivity contribution in [3.05, 3.63) is 34.3 Å². The first-order valence-corrected chi connectivity index (χ1v) is 5.76. The van der Waals surface area contributed by atoms with Gasteiger partial charge in [-0.2, -0.15) is 0 Å². The van der Waals surface area contributed by atoms with Crippen molar-refractivity contribution in [1.82, 2.24) is 4.90 Å². The summed E-state index contributed by atoms with van der Waals surface area (Å²) in [4.78, 5) is 2.40. The molecule has 2 nitrogen and oxygen atoms in total. The van der Waals surface area contributed by atoms with Crippen molar-refractivity contribution in [1.29, 1.82) is 0 Å². The summed E-state index contributed by atoms with van der Waals surface area (Å²) in [6.45, 7) is 5.24. The molecule has 1 heterocycles. The van der Waals surface area contributed by atoms with Crippen molar-refractivity contribution in [3.63, 3.8) is 0 Å². The van der Waals surface area contributed by atoms with Crippen LogP contribution in [0.15, 0.2) is 18.2 Å². The third-order valence-corrected chi connectivity index (χ3v) is 3.24. The zero-order valence-electron chi connectivity index (χ0n) is 9.04. The lowest BCUT2D eigenvalue weighted by Gasteiger charge is -2.16. The molecule has 3 heteroatoms. The van der Waals surface area contributed by atoms with Crippen LogP contribution < -0.4 is 5.73 Å². The highest BCUT2D eigenvalue weighted by molar-refractivity contribution is 6.30. The second-order valence-electron chi connectivity index (χ2n) is 4.35. The Kier molecular flexibility index (Phi) is 3.29. The highest BCUT2D eigenvalue weighted by atomic mass is 35.5. The Hall–Kier alpha value is -0.570. The van der Waals surface area contributed by atoms with Gasteiger partial charge in [-0.05, 0) is 36.6 Å². The van der Waals surface area contributed by atoms with Gasteiger partial charge in [-0.1, -0.05) is 17.7 Å². The van der Waals surface area contributed by atoms with Gasteiger partial charge in [0.05, 0.1) is 0 Å². The van der Waals surface area contributed by atoms with Gasteiger partial charge in [-0.15, -0.1) is 0 Å². The van der Waals surface area contributed by atoms with Crippen LogP contribution in [0.5, 0.6) is 0 Å². The maximum Gasteiger partial charge on any atom is 0.0408 e. The topological polar surface area (TPSA) is 29.3 Å². The number of rotatable bonds is 2.